The number of ether oxygens (including phenoxy) is 3. The average Bonchev–Trinajstić information content (AvgIpc) is 3.33. The van der Waals surface area contributed by atoms with E-state index in [9.17, 15) is 4.79 Å². The molecule has 3 aliphatic rings. The lowest BCUT2D eigenvalue weighted by atomic mass is 9.98. The Hall–Kier alpha value is -2.63. The van der Waals surface area contributed by atoms with Gasteiger partial charge in [0.25, 0.3) is 0 Å². The predicted octanol–water partition coefficient (Wildman–Crippen LogP) is 4.25. The van der Waals surface area contributed by atoms with Crippen molar-refractivity contribution in [3.8, 4) is 11.5 Å². The Bertz CT molecular complexity index is 987. The highest BCUT2D eigenvalue weighted by atomic mass is 16.5. The molecule has 2 aromatic carbocycles. The second-order valence-electron chi connectivity index (χ2n) is 8.14. The van der Waals surface area contributed by atoms with Gasteiger partial charge in [-0.1, -0.05) is 29.8 Å². The fourth-order valence-corrected chi connectivity index (χ4v) is 4.28. The van der Waals surface area contributed by atoms with Crippen molar-refractivity contribution < 1.29 is 19.0 Å². The number of rotatable bonds is 3. The van der Waals surface area contributed by atoms with E-state index in [0.29, 0.717) is 30.3 Å². The number of benzene rings is 2. The van der Waals surface area contributed by atoms with Gasteiger partial charge in [0.1, 0.15) is 18.2 Å². The van der Waals surface area contributed by atoms with E-state index in [1.807, 2.05) is 50.3 Å². The summed E-state index contributed by atoms with van der Waals surface area (Å²) in [5.41, 5.74) is 4.64. The van der Waals surface area contributed by atoms with Gasteiger partial charge in [0.15, 0.2) is 5.76 Å². The van der Waals surface area contributed by atoms with E-state index in [2.05, 4.69) is 4.90 Å². The summed E-state index contributed by atoms with van der Waals surface area (Å²) in [6.45, 7) is 6.89. The van der Waals surface area contributed by atoms with Gasteiger partial charge in [-0.15, -0.1) is 0 Å². The van der Waals surface area contributed by atoms with Crippen molar-refractivity contribution in [1.29, 1.82) is 0 Å². The molecule has 0 bridgehead atoms. The SMILES string of the molecule is Cc1ccc(/C=C2\Oc3c4c(cc(C)c3C2=O)OCN(CC2CCCO2)C4)cc1. The van der Waals surface area contributed by atoms with E-state index in [-0.39, 0.29) is 11.9 Å². The van der Waals surface area contributed by atoms with Crippen molar-refractivity contribution in [2.45, 2.75) is 39.3 Å². The zero-order chi connectivity index (χ0) is 20.0. The van der Waals surface area contributed by atoms with Crippen LogP contribution in [0.25, 0.3) is 6.08 Å². The Kier molecular flexibility index (Phi) is 4.64. The van der Waals surface area contributed by atoms with Gasteiger partial charge in [-0.2, -0.15) is 0 Å². The van der Waals surface area contributed by atoms with Gasteiger partial charge in [0.2, 0.25) is 5.78 Å². The third kappa shape index (κ3) is 3.45. The standard InChI is InChI=1S/C24H25NO4/c1-15-5-7-17(8-6-15)11-21-23(26)22-16(2)10-20-19(24(22)29-21)13-25(14-28-20)12-18-4-3-9-27-18/h5-8,10-11,18H,3-4,9,12-14H2,1-2H3/b21-11-. The average molecular weight is 391 g/mol. The number of hydrogen-bond acceptors (Lipinski definition) is 5. The molecule has 0 radical (unpaired) electrons. The first-order valence-corrected chi connectivity index (χ1v) is 10.2. The molecule has 0 N–H and O–H groups in total. The minimum Gasteiger partial charge on any atom is -0.478 e. The maximum absolute atomic E-state index is 13.1. The molecule has 29 heavy (non-hydrogen) atoms. The molecule has 1 saturated heterocycles. The predicted molar refractivity (Wildman–Crippen MR) is 110 cm³/mol. The topological polar surface area (TPSA) is 48.0 Å². The van der Waals surface area contributed by atoms with Crippen molar-refractivity contribution in [3.05, 3.63) is 63.9 Å². The van der Waals surface area contributed by atoms with Crippen molar-refractivity contribution in [2.24, 2.45) is 0 Å². The number of nitrogens with zero attached hydrogens (tertiary/aromatic N) is 1. The maximum Gasteiger partial charge on any atom is 0.232 e. The van der Waals surface area contributed by atoms with E-state index in [1.54, 1.807) is 0 Å². The van der Waals surface area contributed by atoms with E-state index < -0.39 is 0 Å². The minimum absolute atomic E-state index is 0.0582. The molecule has 0 amide bonds. The van der Waals surface area contributed by atoms with Crippen LogP contribution in [0.15, 0.2) is 36.1 Å². The van der Waals surface area contributed by atoms with Gasteiger partial charge >= 0.3 is 0 Å². The molecule has 0 aromatic heterocycles. The number of hydrogen-bond donors (Lipinski definition) is 0. The molecule has 2 aromatic rings. The fourth-order valence-electron chi connectivity index (χ4n) is 4.28. The molecule has 1 fully saturated rings. The Morgan fingerprint density at radius 2 is 2.03 bits per heavy atom. The van der Waals surface area contributed by atoms with Crippen LogP contribution in [0.4, 0.5) is 0 Å². The number of Topliss-reactive ketones (excluding diaryl/α,β-unsaturated/α-hetero) is 1. The van der Waals surface area contributed by atoms with E-state index in [1.165, 1.54) is 5.56 Å². The van der Waals surface area contributed by atoms with Crippen molar-refractivity contribution in [1.82, 2.24) is 4.90 Å². The van der Waals surface area contributed by atoms with Gasteiger partial charge in [-0.05, 0) is 50.0 Å². The molecule has 0 spiro atoms. The van der Waals surface area contributed by atoms with Crippen LogP contribution in [-0.2, 0) is 11.3 Å². The first-order valence-electron chi connectivity index (χ1n) is 10.2. The molecule has 5 rings (SSSR count). The van der Waals surface area contributed by atoms with Crippen LogP contribution in [0, 0.1) is 13.8 Å². The molecule has 0 saturated carbocycles. The highest BCUT2D eigenvalue weighted by Crippen LogP contribution is 2.44. The van der Waals surface area contributed by atoms with Crippen molar-refractivity contribution >= 4 is 11.9 Å². The summed E-state index contributed by atoms with van der Waals surface area (Å²) >= 11 is 0. The van der Waals surface area contributed by atoms with Crippen molar-refractivity contribution in [2.75, 3.05) is 19.9 Å². The number of carbonyl (C=O) groups excluding carboxylic acids is 1. The van der Waals surface area contributed by atoms with E-state index in [4.69, 9.17) is 14.2 Å². The number of allylic oxidation sites excluding steroid dienone is 1. The van der Waals surface area contributed by atoms with E-state index in [0.717, 1.165) is 48.4 Å². The summed E-state index contributed by atoms with van der Waals surface area (Å²) in [6, 6.07) is 10.0. The molecular weight excluding hydrogens is 366 g/mol. The molecule has 5 heteroatoms. The molecule has 5 nitrogen and oxygen atoms in total. The summed E-state index contributed by atoms with van der Waals surface area (Å²) < 4.78 is 17.9. The number of carbonyl (C=O) groups is 1. The summed E-state index contributed by atoms with van der Waals surface area (Å²) in [7, 11) is 0. The quantitative estimate of drug-likeness (QED) is 0.732. The van der Waals surface area contributed by atoms with Crippen LogP contribution in [0.5, 0.6) is 11.5 Å². The summed E-state index contributed by atoms with van der Waals surface area (Å²) in [5.74, 6) is 1.78. The van der Waals surface area contributed by atoms with Gasteiger partial charge in [0.05, 0.1) is 17.2 Å². The summed E-state index contributed by atoms with van der Waals surface area (Å²) in [6.07, 6.45) is 4.29. The van der Waals surface area contributed by atoms with Gasteiger partial charge in [0, 0.05) is 19.7 Å². The second-order valence-corrected chi connectivity index (χ2v) is 8.14. The lowest BCUT2D eigenvalue weighted by Gasteiger charge is -2.31. The first kappa shape index (κ1) is 18.4. The normalized spacial score (nSPS) is 22.3. The Morgan fingerprint density at radius 3 is 2.79 bits per heavy atom. The van der Waals surface area contributed by atoms with Gasteiger partial charge in [-0.25, -0.2) is 0 Å². The van der Waals surface area contributed by atoms with Crippen LogP contribution in [-0.4, -0.2) is 36.7 Å². The fraction of sp³-hybridized carbons (Fsp3) is 0.375. The van der Waals surface area contributed by atoms with Crippen LogP contribution >= 0.6 is 0 Å². The maximum atomic E-state index is 13.1. The Labute approximate surface area is 170 Å². The lowest BCUT2D eigenvalue weighted by molar-refractivity contribution is 0.0273. The molecular formula is C24H25NO4. The first-order chi connectivity index (χ1) is 14.1. The number of ketones is 1. The zero-order valence-electron chi connectivity index (χ0n) is 16.9. The van der Waals surface area contributed by atoms with Crippen LogP contribution < -0.4 is 9.47 Å². The molecule has 3 heterocycles. The lowest BCUT2D eigenvalue weighted by Crippen LogP contribution is -2.37. The van der Waals surface area contributed by atoms with Crippen LogP contribution in [0.1, 0.15) is 45.5 Å². The number of aryl methyl sites for hydroxylation is 2. The molecule has 1 unspecified atom stereocenters. The van der Waals surface area contributed by atoms with Crippen LogP contribution in [0.2, 0.25) is 0 Å². The molecule has 3 aliphatic heterocycles. The Morgan fingerprint density at radius 1 is 1.21 bits per heavy atom. The number of fused-ring (bicyclic) bond motifs is 3. The monoisotopic (exact) mass is 391 g/mol. The van der Waals surface area contributed by atoms with Gasteiger partial charge < -0.3 is 14.2 Å². The zero-order valence-corrected chi connectivity index (χ0v) is 16.9. The third-order valence-corrected chi connectivity index (χ3v) is 5.85. The van der Waals surface area contributed by atoms with Crippen LogP contribution in [0.3, 0.4) is 0 Å². The minimum atomic E-state index is -0.0582. The Balaban J connectivity index is 1.45. The van der Waals surface area contributed by atoms with E-state index >= 15 is 0 Å². The highest BCUT2D eigenvalue weighted by molar-refractivity contribution is 6.15. The van der Waals surface area contributed by atoms with Gasteiger partial charge in [-0.3, -0.25) is 9.69 Å². The smallest absolute Gasteiger partial charge is 0.232 e. The largest absolute Gasteiger partial charge is 0.478 e. The molecule has 0 aliphatic carbocycles. The molecule has 1 atom stereocenters. The molecule has 150 valence electrons. The van der Waals surface area contributed by atoms with Crippen molar-refractivity contribution in [3.63, 3.8) is 0 Å². The third-order valence-electron chi connectivity index (χ3n) is 5.85. The summed E-state index contributed by atoms with van der Waals surface area (Å²) in [4.78, 5) is 15.3. The summed E-state index contributed by atoms with van der Waals surface area (Å²) in [5, 5.41) is 0. The highest BCUT2D eigenvalue weighted by Gasteiger charge is 2.36. The second kappa shape index (κ2) is 7.32.